The van der Waals surface area contributed by atoms with Crippen molar-refractivity contribution in [2.75, 3.05) is 38.5 Å². The molecule has 1 aromatic heterocycles. The van der Waals surface area contributed by atoms with Gasteiger partial charge in [-0.1, -0.05) is 23.9 Å². The summed E-state index contributed by atoms with van der Waals surface area (Å²) in [5.41, 5.74) is 1.97. The molecular weight excluding hydrogens is 284 g/mol. The Morgan fingerprint density at radius 2 is 2.14 bits per heavy atom. The summed E-state index contributed by atoms with van der Waals surface area (Å²) >= 11 is 1.49. The predicted molar refractivity (Wildman–Crippen MR) is 84.6 cm³/mol. The fourth-order valence-electron chi connectivity index (χ4n) is 2.65. The van der Waals surface area contributed by atoms with Gasteiger partial charge in [-0.2, -0.15) is 0 Å². The molecule has 0 atom stereocenters. The Bertz CT molecular complexity index is 586. The number of fused-ring (bicyclic) bond motifs is 1. The number of aromatic amines is 1. The lowest BCUT2D eigenvalue weighted by Gasteiger charge is -2.31. The Balaban J connectivity index is 1.54. The summed E-state index contributed by atoms with van der Waals surface area (Å²) in [7, 11) is 0. The first-order valence-electron chi connectivity index (χ1n) is 7.45. The number of thioether (sulfide) groups is 1. The van der Waals surface area contributed by atoms with Crippen LogP contribution in [0.3, 0.4) is 0 Å². The summed E-state index contributed by atoms with van der Waals surface area (Å²) in [5.74, 6) is 0.678. The third-order valence-corrected chi connectivity index (χ3v) is 4.88. The Morgan fingerprint density at radius 3 is 2.86 bits per heavy atom. The van der Waals surface area contributed by atoms with Crippen LogP contribution in [-0.2, 0) is 4.79 Å². The third kappa shape index (κ3) is 3.39. The molecular formula is C15H21N4OS+. The third-order valence-electron chi connectivity index (χ3n) is 4.02. The van der Waals surface area contributed by atoms with Gasteiger partial charge in [0.05, 0.1) is 49.5 Å². The van der Waals surface area contributed by atoms with Gasteiger partial charge in [0.25, 0.3) is 0 Å². The standard InChI is InChI=1S/C15H20N4OS/c1-2-18-7-9-19(10-8-18)14(20)11-21-15-16-12-5-3-4-6-13(12)17-15/h3-6H,2,7-11H2,1H3,(H,16,17)/p+1. The van der Waals surface area contributed by atoms with E-state index in [2.05, 4.69) is 16.9 Å². The van der Waals surface area contributed by atoms with Crippen molar-refractivity contribution in [1.29, 1.82) is 0 Å². The van der Waals surface area contributed by atoms with Crippen LogP contribution in [0, 0.1) is 0 Å². The van der Waals surface area contributed by atoms with Crippen molar-refractivity contribution >= 4 is 28.7 Å². The first-order chi connectivity index (χ1) is 10.3. The number of hydrogen-bond acceptors (Lipinski definition) is 3. The minimum atomic E-state index is 0.218. The van der Waals surface area contributed by atoms with Crippen molar-refractivity contribution in [3.63, 3.8) is 0 Å². The van der Waals surface area contributed by atoms with Crippen molar-refractivity contribution in [1.82, 2.24) is 14.9 Å². The summed E-state index contributed by atoms with van der Waals surface area (Å²) in [6, 6.07) is 7.93. The molecule has 6 heteroatoms. The summed E-state index contributed by atoms with van der Waals surface area (Å²) < 4.78 is 0. The molecule has 0 bridgehead atoms. The lowest BCUT2D eigenvalue weighted by atomic mass is 10.3. The zero-order valence-corrected chi connectivity index (χ0v) is 13.1. The van der Waals surface area contributed by atoms with Gasteiger partial charge in [-0.05, 0) is 19.1 Å². The molecule has 0 spiro atoms. The van der Waals surface area contributed by atoms with Gasteiger partial charge in [-0.15, -0.1) is 0 Å². The first-order valence-corrected chi connectivity index (χ1v) is 8.43. The van der Waals surface area contributed by atoms with Gasteiger partial charge in [0, 0.05) is 0 Å². The number of carbonyl (C=O) groups excluding carboxylic acids is 1. The average molecular weight is 305 g/mol. The number of para-hydroxylation sites is 2. The SMILES string of the molecule is CC[NH+]1CCN(C(=O)CSc2nc3ccccc3[nH]2)CC1. The highest BCUT2D eigenvalue weighted by molar-refractivity contribution is 7.99. The molecule has 2 heterocycles. The van der Waals surface area contributed by atoms with E-state index in [-0.39, 0.29) is 5.91 Å². The fourth-order valence-corrected chi connectivity index (χ4v) is 3.43. The maximum Gasteiger partial charge on any atom is 0.233 e. The lowest BCUT2D eigenvalue weighted by Crippen LogP contribution is -3.14. The van der Waals surface area contributed by atoms with E-state index in [4.69, 9.17) is 0 Å². The number of benzene rings is 1. The molecule has 112 valence electrons. The fraction of sp³-hybridized carbons (Fsp3) is 0.467. The zero-order valence-electron chi connectivity index (χ0n) is 12.3. The Hall–Kier alpha value is -1.53. The van der Waals surface area contributed by atoms with Gasteiger partial charge in [-0.25, -0.2) is 4.98 Å². The molecule has 1 aromatic carbocycles. The Kier molecular flexibility index (Phi) is 4.45. The molecule has 1 saturated heterocycles. The molecule has 2 N–H and O–H groups in total. The van der Waals surface area contributed by atoms with Gasteiger partial charge >= 0.3 is 0 Å². The van der Waals surface area contributed by atoms with Crippen molar-refractivity contribution in [3.8, 4) is 0 Å². The van der Waals surface area contributed by atoms with Gasteiger partial charge in [0.15, 0.2) is 5.16 Å². The van der Waals surface area contributed by atoms with E-state index in [0.717, 1.165) is 48.9 Å². The average Bonchev–Trinajstić information content (AvgIpc) is 2.95. The molecule has 2 aromatic rings. The first kappa shape index (κ1) is 14.4. The van der Waals surface area contributed by atoms with Crippen molar-refractivity contribution < 1.29 is 9.69 Å². The number of nitrogens with one attached hydrogen (secondary N) is 2. The number of H-pyrrole nitrogens is 1. The minimum Gasteiger partial charge on any atom is -0.333 e. The molecule has 1 fully saturated rings. The van der Waals surface area contributed by atoms with Gasteiger partial charge in [-0.3, -0.25) is 4.79 Å². The van der Waals surface area contributed by atoms with Crippen LogP contribution in [0.25, 0.3) is 11.0 Å². The normalized spacial score (nSPS) is 16.5. The number of aromatic nitrogens is 2. The van der Waals surface area contributed by atoms with Crippen molar-refractivity contribution in [2.24, 2.45) is 0 Å². The van der Waals surface area contributed by atoms with Gasteiger partial charge in [0.1, 0.15) is 0 Å². The van der Waals surface area contributed by atoms with Crippen molar-refractivity contribution in [3.05, 3.63) is 24.3 Å². The van der Waals surface area contributed by atoms with Crippen LogP contribution >= 0.6 is 11.8 Å². The number of nitrogens with zero attached hydrogens (tertiary/aromatic N) is 2. The number of imidazole rings is 1. The quantitative estimate of drug-likeness (QED) is 0.804. The van der Waals surface area contributed by atoms with Crippen LogP contribution in [0.2, 0.25) is 0 Å². The Morgan fingerprint density at radius 1 is 1.38 bits per heavy atom. The number of piperazine rings is 1. The second-order valence-corrected chi connectivity index (χ2v) is 6.30. The summed E-state index contributed by atoms with van der Waals surface area (Å²) in [5, 5.41) is 0.822. The van der Waals surface area contributed by atoms with Gasteiger partial charge < -0.3 is 14.8 Å². The lowest BCUT2D eigenvalue weighted by molar-refractivity contribution is -0.902. The van der Waals surface area contributed by atoms with Gasteiger partial charge in [0.2, 0.25) is 5.91 Å². The highest BCUT2D eigenvalue weighted by atomic mass is 32.2. The van der Waals surface area contributed by atoms with Crippen LogP contribution in [0.15, 0.2) is 29.4 Å². The highest BCUT2D eigenvalue weighted by Gasteiger charge is 2.22. The van der Waals surface area contributed by atoms with E-state index >= 15 is 0 Å². The van der Waals surface area contributed by atoms with E-state index < -0.39 is 0 Å². The molecule has 21 heavy (non-hydrogen) atoms. The molecule has 5 nitrogen and oxygen atoms in total. The van der Waals surface area contributed by atoms with E-state index in [1.807, 2.05) is 29.2 Å². The topological polar surface area (TPSA) is 53.4 Å². The van der Waals surface area contributed by atoms with Crippen LogP contribution < -0.4 is 4.90 Å². The molecule has 0 aliphatic carbocycles. The second-order valence-electron chi connectivity index (χ2n) is 5.33. The molecule has 0 saturated carbocycles. The van der Waals surface area contributed by atoms with E-state index in [1.54, 1.807) is 4.90 Å². The zero-order chi connectivity index (χ0) is 14.7. The molecule has 3 rings (SSSR count). The monoisotopic (exact) mass is 305 g/mol. The molecule has 0 unspecified atom stereocenters. The largest absolute Gasteiger partial charge is 0.333 e. The number of quaternary nitrogens is 1. The van der Waals surface area contributed by atoms with Crippen molar-refractivity contribution in [2.45, 2.75) is 12.1 Å². The maximum atomic E-state index is 12.2. The number of amides is 1. The van der Waals surface area contributed by atoms with Crippen LogP contribution in [-0.4, -0.2) is 59.3 Å². The van der Waals surface area contributed by atoms with Crippen LogP contribution in [0.4, 0.5) is 0 Å². The predicted octanol–water partition coefficient (Wildman–Crippen LogP) is 0.402. The molecule has 1 aliphatic rings. The summed E-state index contributed by atoms with van der Waals surface area (Å²) in [6.07, 6.45) is 0. The second kappa shape index (κ2) is 6.49. The smallest absolute Gasteiger partial charge is 0.233 e. The number of rotatable bonds is 4. The van der Waals surface area contributed by atoms with Crippen LogP contribution in [0.5, 0.6) is 0 Å². The van der Waals surface area contributed by atoms with E-state index in [0.29, 0.717) is 5.75 Å². The van der Waals surface area contributed by atoms with E-state index in [9.17, 15) is 4.79 Å². The molecule has 1 amide bonds. The summed E-state index contributed by atoms with van der Waals surface area (Å²) in [4.78, 5) is 23.5. The number of hydrogen-bond donors (Lipinski definition) is 2. The minimum absolute atomic E-state index is 0.218. The maximum absolute atomic E-state index is 12.2. The van der Waals surface area contributed by atoms with E-state index in [1.165, 1.54) is 11.8 Å². The molecule has 0 radical (unpaired) electrons. The number of likely N-dealkylation sites (N-methyl/N-ethyl adjacent to an activating group) is 1. The highest BCUT2D eigenvalue weighted by Crippen LogP contribution is 2.19. The summed E-state index contributed by atoms with van der Waals surface area (Å²) in [6.45, 7) is 7.24. The molecule has 1 aliphatic heterocycles. The van der Waals surface area contributed by atoms with Crippen LogP contribution in [0.1, 0.15) is 6.92 Å². The Labute approximate surface area is 128 Å². The number of carbonyl (C=O) groups is 1.